The van der Waals surface area contributed by atoms with Gasteiger partial charge in [0, 0.05) is 6.42 Å². The first kappa shape index (κ1) is 18.5. The highest BCUT2D eigenvalue weighted by Crippen LogP contribution is 2.25. The molecule has 1 atom stereocenters. The highest BCUT2D eigenvalue weighted by molar-refractivity contribution is 7.92. The number of hydrogen-bond acceptors (Lipinski definition) is 3. The van der Waals surface area contributed by atoms with Gasteiger partial charge in [-0.25, -0.2) is 8.42 Å². The molecule has 1 saturated heterocycles. The molecule has 1 heterocycles. The largest absolute Gasteiger partial charge is 0.481 e. The van der Waals surface area contributed by atoms with Crippen LogP contribution in [0.15, 0.2) is 0 Å². The fourth-order valence-electron chi connectivity index (χ4n) is 3.07. The van der Waals surface area contributed by atoms with Gasteiger partial charge in [-0.3, -0.25) is 4.79 Å². The van der Waals surface area contributed by atoms with Gasteiger partial charge in [0.05, 0.1) is 11.0 Å². The van der Waals surface area contributed by atoms with Crippen molar-refractivity contribution in [3.63, 3.8) is 0 Å². The summed E-state index contributed by atoms with van der Waals surface area (Å²) in [6, 6.07) is 0. The second-order valence-corrected chi connectivity index (χ2v) is 8.65. The second kappa shape index (κ2) is 10.2. The molecule has 0 bridgehead atoms. The van der Waals surface area contributed by atoms with Crippen LogP contribution in [0.2, 0.25) is 0 Å². The molecule has 1 rings (SSSR count). The molecule has 4 nitrogen and oxygen atoms in total. The summed E-state index contributed by atoms with van der Waals surface area (Å²) in [5.41, 5.74) is 0. The monoisotopic (exact) mass is 318 g/mol. The van der Waals surface area contributed by atoms with Crippen molar-refractivity contribution >= 4 is 15.8 Å². The van der Waals surface area contributed by atoms with Gasteiger partial charge in [0.25, 0.3) is 0 Å². The van der Waals surface area contributed by atoms with Gasteiger partial charge in [-0.15, -0.1) is 0 Å². The Bertz CT molecular complexity index is 389. The van der Waals surface area contributed by atoms with E-state index in [0.717, 1.165) is 51.4 Å². The summed E-state index contributed by atoms with van der Waals surface area (Å²) in [6.45, 7) is 0. The van der Waals surface area contributed by atoms with Crippen molar-refractivity contribution < 1.29 is 18.3 Å². The van der Waals surface area contributed by atoms with Gasteiger partial charge < -0.3 is 5.11 Å². The lowest BCUT2D eigenvalue weighted by atomic mass is 10.0. The molecule has 21 heavy (non-hydrogen) atoms. The SMILES string of the molecule is O=C(O)CCCCCCCCCCCC1CCCS1(=O)=O. The maximum absolute atomic E-state index is 11.7. The van der Waals surface area contributed by atoms with Crippen LogP contribution in [0, 0.1) is 0 Å². The number of carbonyl (C=O) groups is 1. The summed E-state index contributed by atoms with van der Waals surface area (Å²) in [4.78, 5) is 10.3. The average molecular weight is 318 g/mol. The van der Waals surface area contributed by atoms with E-state index >= 15 is 0 Å². The molecule has 0 radical (unpaired) electrons. The molecule has 124 valence electrons. The van der Waals surface area contributed by atoms with E-state index in [-0.39, 0.29) is 5.25 Å². The van der Waals surface area contributed by atoms with Crippen molar-refractivity contribution in [2.75, 3.05) is 5.75 Å². The number of unbranched alkanes of at least 4 members (excludes halogenated alkanes) is 8. The summed E-state index contributed by atoms with van der Waals surface area (Å²) in [6.07, 6.45) is 12.8. The van der Waals surface area contributed by atoms with Crippen molar-refractivity contribution in [1.29, 1.82) is 0 Å². The number of hydrogen-bond donors (Lipinski definition) is 1. The van der Waals surface area contributed by atoms with E-state index in [4.69, 9.17) is 5.11 Å². The third-order valence-electron chi connectivity index (χ3n) is 4.38. The molecule has 0 aliphatic carbocycles. The summed E-state index contributed by atoms with van der Waals surface area (Å²) >= 11 is 0. The minimum atomic E-state index is -2.75. The standard InChI is InChI=1S/C16H30O4S/c17-16(18)13-9-7-5-3-1-2-4-6-8-11-15-12-10-14-21(15,19)20/h15H,1-14H2,(H,17,18). The van der Waals surface area contributed by atoms with E-state index in [2.05, 4.69) is 0 Å². The Morgan fingerprint density at radius 3 is 1.90 bits per heavy atom. The lowest BCUT2D eigenvalue weighted by Gasteiger charge is -2.08. The van der Waals surface area contributed by atoms with Crippen LogP contribution in [0.1, 0.15) is 83.5 Å². The predicted molar refractivity (Wildman–Crippen MR) is 85.2 cm³/mol. The van der Waals surface area contributed by atoms with Gasteiger partial charge in [0.2, 0.25) is 0 Å². The quantitative estimate of drug-likeness (QED) is 0.553. The zero-order chi connectivity index (χ0) is 15.6. The maximum atomic E-state index is 11.7. The van der Waals surface area contributed by atoms with Crippen LogP contribution in [-0.2, 0) is 14.6 Å². The number of carboxylic acid groups (broad SMARTS) is 1. The van der Waals surface area contributed by atoms with E-state index in [1.165, 1.54) is 25.7 Å². The zero-order valence-corrected chi connectivity index (χ0v) is 13.9. The van der Waals surface area contributed by atoms with Gasteiger partial charge in [0.15, 0.2) is 9.84 Å². The first-order chi connectivity index (χ1) is 10.0. The normalized spacial score (nSPS) is 20.7. The lowest BCUT2D eigenvalue weighted by molar-refractivity contribution is -0.137. The van der Waals surface area contributed by atoms with E-state index in [1.807, 2.05) is 0 Å². The molecule has 1 fully saturated rings. The molecule has 0 spiro atoms. The summed E-state index contributed by atoms with van der Waals surface area (Å²) in [5, 5.41) is 8.46. The van der Waals surface area contributed by atoms with Gasteiger partial charge in [0.1, 0.15) is 0 Å². The Balaban J connectivity index is 1.84. The minimum absolute atomic E-state index is 0.0493. The van der Waals surface area contributed by atoms with Crippen LogP contribution >= 0.6 is 0 Å². The van der Waals surface area contributed by atoms with Crippen LogP contribution in [-0.4, -0.2) is 30.5 Å². The summed E-state index contributed by atoms with van der Waals surface area (Å²) in [7, 11) is -2.75. The number of aliphatic carboxylic acids is 1. The Labute approximate surface area is 129 Å². The minimum Gasteiger partial charge on any atom is -0.481 e. The summed E-state index contributed by atoms with van der Waals surface area (Å²) in [5.74, 6) is -0.293. The van der Waals surface area contributed by atoms with Crippen LogP contribution in [0.3, 0.4) is 0 Å². The number of carboxylic acids is 1. The van der Waals surface area contributed by atoms with E-state index < -0.39 is 15.8 Å². The fourth-order valence-corrected chi connectivity index (χ4v) is 5.02. The fraction of sp³-hybridized carbons (Fsp3) is 0.938. The van der Waals surface area contributed by atoms with E-state index in [1.54, 1.807) is 0 Å². The molecule has 1 aliphatic rings. The van der Waals surface area contributed by atoms with Gasteiger partial charge >= 0.3 is 5.97 Å². The van der Waals surface area contributed by atoms with Crippen molar-refractivity contribution in [2.45, 2.75) is 88.7 Å². The Hall–Kier alpha value is -0.580. The van der Waals surface area contributed by atoms with Crippen molar-refractivity contribution in [1.82, 2.24) is 0 Å². The third kappa shape index (κ3) is 8.44. The summed E-state index contributed by atoms with van der Waals surface area (Å²) < 4.78 is 23.3. The second-order valence-electron chi connectivity index (χ2n) is 6.25. The molecule has 0 aromatic rings. The lowest BCUT2D eigenvalue weighted by Crippen LogP contribution is -2.15. The maximum Gasteiger partial charge on any atom is 0.303 e. The van der Waals surface area contributed by atoms with Gasteiger partial charge in [-0.05, 0) is 25.7 Å². The molecule has 0 amide bonds. The van der Waals surface area contributed by atoms with Gasteiger partial charge in [-0.2, -0.15) is 0 Å². The Kier molecular flexibility index (Phi) is 8.97. The van der Waals surface area contributed by atoms with Gasteiger partial charge in [-0.1, -0.05) is 51.4 Å². The first-order valence-electron chi connectivity index (χ1n) is 8.46. The number of sulfone groups is 1. The molecule has 0 aromatic carbocycles. The molecular formula is C16H30O4S. The number of rotatable bonds is 12. The van der Waals surface area contributed by atoms with Crippen molar-refractivity contribution in [3.05, 3.63) is 0 Å². The molecule has 5 heteroatoms. The van der Waals surface area contributed by atoms with Crippen molar-refractivity contribution in [3.8, 4) is 0 Å². The molecule has 0 saturated carbocycles. The van der Waals surface area contributed by atoms with Crippen LogP contribution in [0.5, 0.6) is 0 Å². The highest BCUT2D eigenvalue weighted by atomic mass is 32.2. The Morgan fingerprint density at radius 1 is 0.905 bits per heavy atom. The predicted octanol–water partition coefficient (Wildman–Crippen LogP) is 3.94. The topological polar surface area (TPSA) is 71.4 Å². The van der Waals surface area contributed by atoms with Crippen molar-refractivity contribution in [2.24, 2.45) is 0 Å². The Morgan fingerprint density at radius 2 is 1.43 bits per heavy atom. The first-order valence-corrected chi connectivity index (χ1v) is 10.2. The smallest absolute Gasteiger partial charge is 0.303 e. The zero-order valence-electron chi connectivity index (χ0n) is 13.1. The van der Waals surface area contributed by atoms with Crippen LogP contribution in [0.4, 0.5) is 0 Å². The molecule has 1 aliphatic heterocycles. The van der Waals surface area contributed by atoms with Crippen LogP contribution < -0.4 is 0 Å². The molecule has 1 unspecified atom stereocenters. The molecular weight excluding hydrogens is 288 g/mol. The molecule has 1 N–H and O–H groups in total. The third-order valence-corrected chi connectivity index (χ3v) is 6.72. The average Bonchev–Trinajstić information content (AvgIpc) is 2.75. The van der Waals surface area contributed by atoms with E-state index in [0.29, 0.717) is 12.2 Å². The molecule has 0 aromatic heterocycles. The highest BCUT2D eigenvalue weighted by Gasteiger charge is 2.30. The van der Waals surface area contributed by atoms with E-state index in [9.17, 15) is 13.2 Å². The van der Waals surface area contributed by atoms with Crippen LogP contribution in [0.25, 0.3) is 0 Å².